The van der Waals surface area contributed by atoms with Crippen LogP contribution in [0.1, 0.15) is 12.6 Å². The molecule has 1 aliphatic rings. The molecule has 94 valence electrons. The van der Waals surface area contributed by atoms with Crippen molar-refractivity contribution in [2.45, 2.75) is 19.4 Å². The molecule has 0 atom stereocenters. The Labute approximate surface area is 100 Å². The topological polar surface area (TPSA) is 68.2 Å². The zero-order valence-electron chi connectivity index (χ0n) is 10.4. The first-order valence-corrected chi connectivity index (χ1v) is 5.64. The summed E-state index contributed by atoms with van der Waals surface area (Å²) in [5.41, 5.74) is 0.800. The average Bonchev–Trinajstić information content (AvgIpc) is 2.52. The monoisotopic (exact) mass is 238 g/mol. The van der Waals surface area contributed by atoms with Crippen molar-refractivity contribution in [3.8, 4) is 0 Å². The Morgan fingerprint density at radius 2 is 2.41 bits per heavy atom. The zero-order valence-corrected chi connectivity index (χ0v) is 10.4. The van der Waals surface area contributed by atoms with E-state index in [1.807, 2.05) is 27.0 Å². The summed E-state index contributed by atoms with van der Waals surface area (Å²) in [7, 11) is 1.84. The molecule has 1 saturated heterocycles. The minimum absolute atomic E-state index is 0.0633. The van der Waals surface area contributed by atoms with Crippen molar-refractivity contribution in [1.29, 1.82) is 0 Å². The van der Waals surface area contributed by atoms with E-state index in [0.29, 0.717) is 5.82 Å². The van der Waals surface area contributed by atoms with Gasteiger partial charge in [-0.3, -0.25) is 9.48 Å². The number of aromatic nitrogens is 2. The highest BCUT2D eigenvalue weighted by atomic mass is 16.5. The number of hydrogen-bond donors (Lipinski definition) is 2. The van der Waals surface area contributed by atoms with Gasteiger partial charge in [0.05, 0.1) is 5.60 Å². The molecule has 0 radical (unpaired) electrons. The molecule has 6 heteroatoms. The van der Waals surface area contributed by atoms with Crippen LogP contribution in [0.2, 0.25) is 0 Å². The lowest BCUT2D eigenvalue weighted by molar-refractivity contribution is -0.130. The minimum Gasteiger partial charge on any atom is -0.363 e. The Hall–Kier alpha value is -1.40. The van der Waals surface area contributed by atoms with Crippen LogP contribution < -0.4 is 10.6 Å². The lowest BCUT2D eigenvalue weighted by Gasteiger charge is -2.38. The van der Waals surface area contributed by atoms with Crippen LogP contribution in [0.3, 0.4) is 0 Å². The van der Waals surface area contributed by atoms with Crippen molar-refractivity contribution in [2.24, 2.45) is 7.05 Å². The van der Waals surface area contributed by atoms with Crippen LogP contribution in [-0.2, 0) is 16.6 Å². The molecule has 17 heavy (non-hydrogen) atoms. The maximum absolute atomic E-state index is 11.6. The number of carbonyl (C=O) groups excluding carboxylic acids is 1. The Morgan fingerprint density at radius 3 is 2.88 bits per heavy atom. The molecule has 2 heterocycles. The summed E-state index contributed by atoms with van der Waals surface area (Å²) < 4.78 is 7.24. The van der Waals surface area contributed by atoms with Crippen LogP contribution in [0.4, 0.5) is 5.82 Å². The van der Waals surface area contributed by atoms with Gasteiger partial charge in [-0.2, -0.15) is 5.10 Å². The molecule has 0 spiro atoms. The second kappa shape index (κ2) is 4.46. The fourth-order valence-corrected chi connectivity index (χ4v) is 1.62. The SMILES string of the molecule is Cc1cc(NC(=O)COC2(C)CNC2)nn1C. The second-order valence-electron chi connectivity index (χ2n) is 4.68. The molecule has 1 aromatic heterocycles. The standard InChI is InChI=1S/C11H18N4O2/c1-8-4-9(14-15(8)3)13-10(16)5-17-11(2)6-12-7-11/h4,12H,5-7H2,1-3H3,(H,13,14,16). The number of amides is 1. The number of anilines is 1. The maximum atomic E-state index is 11.6. The van der Waals surface area contributed by atoms with Crippen molar-refractivity contribution in [3.05, 3.63) is 11.8 Å². The Kier molecular flexibility index (Phi) is 3.17. The van der Waals surface area contributed by atoms with Crippen LogP contribution in [0.25, 0.3) is 0 Å². The highest BCUT2D eigenvalue weighted by molar-refractivity contribution is 5.90. The van der Waals surface area contributed by atoms with E-state index in [1.54, 1.807) is 4.68 Å². The molecule has 1 aromatic rings. The van der Waals surface area contributed by atoms with E-state index in [9.17, 15) is 4.79 Å². The van der Waals surface area contributed by atoms with E-state index in [4.69, 9.17) is 4.74 Å². The van der Waals surface area contributed by atoms with Crippen LogP contribution >= 0.6 is 0 Å². The molecule has 0 aromatic carbocycles. The van der Waals surface area contributed by atoms with Crippen molar-refractivity contribution in [3.63, 3.8) is 0 Å². The van der Waals surface area contributed by atoms with Crippen LogP contribution in [0, 0.1) is 6.92 Å². The van der Waals surface area contributed by atoms with Crippen molar-refractivity contribution < 1.29 is 9.53 Å². The summed E-state index contributed by atoms with van der Waals surface area (Å²) in [5.74, 6) is 0.395. The summed E-state index contributed by atoms with van der Waals surface area (Å²) in [6.45, 7) is 5.57. The number of nitrogens with zero attached hydrogens (tertiary/aromatic N) is 2. The summed E-state index contributed by atoms with van der Waals surface area (Å²) in [5, 5.41) is 9.97. The number of rotatable bonds is 4. The normalized spacial score (nSPS) is 17.6. The third-order valence-electron chi connectivity index (χ3n) is 2.93. The summed E-state index contributed by atoms with van der Waals surface area (Å²) in [6, 6.07) is 1.82. The molecule has 2 N–H and O–H groups in total. The first kappa shape index (κ1) is 12.1. The van der Waals surface area contributed by atoms with Gasteiger partial charge in [-0.25, -0.2) is 0 Å². The lowest BCUT2D eigenvalue weighted by atomic mass is 10.0. The van der Waals surface area contributed by atoms with E-state index in [-0.39, 0.29) is 18.1 Å². The van der Waals surface area contributed by atoms with Gasteiger partial charge in [-0.1, -0.05) is 0 Å². The second-order valence-corrected chi connectivity index (χ2v) is 4.68. The van der Waals surface area contributed by atoms with Gasteiger partial charge in [0.25, 0.3) is 5.91 Å². The lowest BCUT2D eigenvalue weighted by Crippen LogP contribution is -2.59. The molecule has 0 bridgehead atoms. The number of nitrogens with one attached hydrogen (secondary N) is 2. The highest BCUT2D eigenvalue weighted by Crippen LogP contribution is 2.15. The van der Waals surface area contributed by atoms with Crippen molar-refractivity contribution in [1.82, 2.24) is 15.1 Å². The molecular formula is C11H18N4O2. The highest BCUT2D eigenvalue weighted by Gasteiger charge is 2.33. The molecule has 1 aliphatic heterocycles. The molecule has 0 unspecified atom stereocenters. The molecule has 1 amide bonds. The molecule has 2 rings (SSSR count). The van der Waals surface area contributed by atoms with Gasteiger partial charge in [0, 0.05) is 31.9 Å². The van der Waals surface area contributed by atoms with Gasteiger partial charge in [-0.15, -0.1) is 0 Å². The molecular weight excluding hydrogens is 220 g/mol. The van der Waals surface area contributed by atoms with Gasteiger partial charge < -0.3 is 15.4 Å². The van der Waals surface area contributed by atoms with Crippen LogP contribution in [-0.4, -0.2) is 41.0 Å². The summed E-state index contributed by atoms with van der Waals surface area (Å²) >= 11 is 0. The quantitative estimate of drug-likeness (QED) is 0.777. The molecule has 0 saturated carbocycles. The van der Waals surface area contributed by atoms with Crippen LogP contribution in [0.15, 0.2) is 6.07 Å². The number of carbonyl (C=O) groups is 1. The van der Waals surface area contributed by atoms with Gasteiger partial charge >= 0.3 is 0 Å². The molecule has 1 fully saturated rings. The van der Waals surface area contributed by atoms with Gasteiger partial charge in [0.2, 0.25) is 0 Å². The van der Waals surface area contributed by atoms with E-state index in [1.165, 1.54) is 0 Å². The predicted octanol–water partition coefficient (Wildman–Crippen LogP) is 0.0455. The first-order valence-electron chi connectivity index (χ1n) is 5.64. The summed E-state index contributed by atoms with van der Waals surface area (Å²) in [4.78, 5) is 11.6. The van der Waals surface area contributed by atoms with Gasteiger partial charge in [-0.05, 0) is 13.8 Å². The largest absolute Gasteiger partial charge is 0.363 e. The minimum atomic E-state index is -0.197. The Morgan fingerprint density at radius 1 is 1.71 bits per heavy atom. The van der Waals surface area contributed by atoms with Crippen LogP contribution in [0.5, 0.6) is 0 Å². The van der Waals surface area contributed by atoms with E-state index >= 15 is 0 Å². The summed E-state index contributed by atoms with van der Waals surface area (Å²) in [6.07, 6.45) is 0. The Bertz CT molecular complexity index is 404. The predicted molar refractivity (Wildman–Crippen MR) is 63.8 cm³/mol. The van der Waals surface area contributed by atoms with E-state index < -0.39 is 0 Å². The van der Waals surface area contributed by atoms with Gasteiger partial charge in [0.1, 0.15) is 6.61 Å². The zero-order chi connectivity index (χ0) is 12.5. The van der Waals surface area contributed by atoms with E-state index in [2.05, 4.69) is 15.7 Å². The molecule has 0 aliphatic carbocycles. The third kappa shape index (κ3) is 2.83. The Balaban J connectivity index is 1.81. The third-order valence-corrected chi connectivity index (χ3v) is 2.93. The number of hydrogen-bond acceptors (Lipinski definition) is 4. The number of aryl methyl sites for hydroxylation is 2. The number of ether oxygens (including phenoxy) is 1. The maximum Gasteiger partial charge on any atom is 0.251 e. The fraction of sp³-hybridized carbons (Fsp3) is 0.636. The molecule has 6 nitrogen and oxygen atoms in total. The smallest absolute Gasteiger partial charge is 0.251 e. The van der Waals surface area contributed by atoms with E-state index in [0.717, 1.165) is 18.8 Å². The van der Waals surface area contributed by atoms with Gasteiger partial charge in [0.15, 0.2) is 5.82 Å². The van der Waals surface area contributed by atoms with Crippen molar-refractivity contribution >= 4 is 11.7 Å². The average molecular weight is 238 g/mol. The van der Waals surface area contributed by atoms with Crippen molar-refractivity contribution in [2.75, 3.05) is 25.0 Å². The fourth-order valence-electron chi connectivity index (χ4n) is 1.62. The first-order chi connectivity index (χ1) is 7.98.